The van der Waals surface area contributed by atoms with E-state index in [4.69, 9.17) is 17.0 Å². The predicted octanol–water partition coefficient (Wildman–Crippen LogP) is 8.49. The van der Waals surface area contributed by atoms with Gasteiger partial charge in [0.2, 0.25) is 0 Å². The van der Waals surface area contributed by atoms with Crippen LogP contribution in [0.5, 0.6) is 0 Å². The van der Waals surface area contributed by atoms with Crippen LogP contribution in [0, 0.1) is 14.9 Å². The van der Waals surface area contributed by atoms with Crippen LogP contribution < -0.4 is 0 Å². The first-order valence-corrected chi connectivity index (χ1v) is 16.9. The molecule has 28 heavy (non-hydrogen) atoms. The Labute approximate surface area is 186 Å². The van der Waals surface area contributed by atoms with E-state index < -0.39 is 18.9 Å². The minimum absolute atomic E-state index is 0. The minimum atomic E-state index is -1.85. The van der Waals surface area contributed by atoms with E-state index in [2.05, 4.69) is 90.9 Å². The van der Waals surface area contributed by atoms with Crippen molar-refractivity contribution in [2.75, 3.05) is 0 Å². The normalized spacial score (nSPS) is 9.29. The van der Waals surface area contributed by atoms with E-state index in [1.54, 1.807) is 0 Å². The van der Waals surface area contributed by atoms with E-state index in [1.165, 1.54) is 32.7 Å². The van der Waals surface area contributed by atoms with Crippen molar-refractivity contribution < 1.29 is 18.9 Å². The summed E-state index contributed by atoms with van der Waals surface area (Å²) in [6, 6.07) is 26.0. The van der Waals surface area contributed by atoms with Gasteiger partial charge in [0, 0.05) is 0 Å². The molecule has 0 spiro atoms. The van der Waals surface area contributed by atoms with Gasteiger partial charge in [0.25, 0.3) is 0 Å². The molecule has 4 rings (SSSR count). The fraction of sp³-hybridized carbons (Fsp3) is 0.160. The average molecular weight is 493 g/mol. The summed E-state index contributed by atoms with van der Waals surface area (Å²) in [6.45, 7) is 4.38. The molecule has 4 aromatic carbocycles. The molecule has 0 aromatic heterocycles. The van der Waals surface area contributed by atoms with Crippen LogP contribution in [0.2, 0.25) is 0 Å². The third-order valence-electron chi connectivity index (χ3n) is 4.17. The Bertz CT molecular complexity index is 819. The van der Waals surface area contributed by atoms with Gasteiger partial charge in [-0.1, -0.05) is 26.0 Å². The Morgan fingerprint density at radius 2 is 1.07 bits per heavy atom. The molecule has 0 nitrogen and oxygen atoms in total. The van der Waals surface area contributed by atoms with E-state index in [0.29, 0.717) is 0 Å². The molecular weight excluding hydrogens is 462 g/mol. The zero-order valence-electron chi connectivity index (χ0n) is 17.3. The summed E-state index contributed by atoms with van der Waals surface area (Å²) in [5.74, 6) is 0. The SMILES string of the molecule is CCc1cc2ccccc2[cH-]1.CCc1cc2ccccc2[cH-]1.[CH2]=[Zr]([Cl])[Cl].[CH3-].[CH3-]. The van der Waals surface area contributed by atoms with E-state index in [-0.39, 0.29) is 14.9 Å². The van der Waals surface area contributed by atoms with Crippen molar-refractivity contribution in [2.45, 2.75) is 26.7 Å². The zero-order valence-corrected chi connectivity index (χ0v) is 21.3. The summed E-state index contributed by atoms with van der Waals surface area (Å²) in [4.78, 5) is 0. The van der Waals surface area contributed by atoms with Crippen molar-refractivity contribution in [3.63, 3.8) is 0 Å². The van der Waals surface area contributed by atoms with Crippen LogP contribution in [-0.2, 0) is 31.7 Å². The van der Waals surface area contributed by atoms with Gasteiger partial charge in [-0.15, -0.1) is 81.2 Å². The summed E-state index contributed by atoms with van der Waals surface area (Å²) in [6.07, 6.45) is 2.27. The molecule has 3 heteroatoms. The van der Waals surface area contributed by atoms with Crippen LogP contribution in [0.15, 0.2) is 72.8 Å². The maximum atomic E-state index is 5.13. The molecule has 0 aliphatic rings. The van der Waals surface area contributed by atoms with E-state index in [0.717, 1.165) is 12.8 Å². The standard InChI is InChI=1S/2C11H11.2CH3.CH2.2ClH.Zr/c2*1-2-9-7-10-5-3-4-6-11(10)8-9;;;;;;/h2*3-8H,2H2,1H3;2*1H3;1H2;2*1H;/q4*-1;;;;+2/p-2. The van der Waals surface area contributed by atoms with Crippen molar-refractivity contribution in [3.05, 3.63) is 98.8 Å². The van der Waals surface area contributed by atoms with Gasteiger partial charge in [-0.05, 0) is 12.8 Å². The summed E-state index contributed by atoms with van der Waals surface area (Å²) in [7, 11) is 10.3. The molecule has 0 fully saturated rings. The van der Waals surface area contributed by atoms with Gasteiger partial charge < -0.3 is 14.9 Å². The molecule has 0 bridgehead atoms. The van der Waals surface area contributed by atoms with Crippen molar-refractivity contribution in [2.24, 2.45) is 0 Å². The second kappa shape index (κ2) is 14.1. The van der Waals surface area contributed by atoms with Crippen LogP contribution in [0.1, 0.15) is 25.0 Å². The number of halogens is 2. The fourth-order valence-corrected chi connectivity index (χ4v) is 2.84. The number of benzene rings is 2. The van der Waals surface area contributed by atoms with Crippen molar-refractivity contribution in [1.29, 1.82) is 0 Å². The third-order valence-corrected chi connectivity index (χ3v) is 4.17. The average Bonchev–Trinajstić information content (AvgIpc) is 3.24. The predicted molar refractivity (Wildman–Crippen MR) is 129 cm³/mol. The van der Waals surface area contributed by atoms with Gasteiger partial charge in [-0.25, -0.2) is 0 Å². The van der Waals surface area contributed by atoms with E-state index >= 15 is 0 Å². The van der Waals surface area contributed by atoms with Crippen molar-refractivity contribution in [1.82, 2.24) is 0 Å². The number of aryl methyl sites for hydroxylation is 2. The monoisotopic (exact) mass is 490 g/mol. The smallest absolute Gasteiger partial charge is 0.358 e. The molecule has 0 radical (unpaired) electrons. The number of rotatable bonds is 2. The molecule has 0 aliphatic heterocycles. The molecule has 0 saturated carbocycles. The molecule has 0 saturated heterocycles. The number of fused-ring (bicyclic) bond motifs is 2. The van der Waals surface area contributed by atoms with Crippen LogP contribution in [0.4, 0.5) is 0 Å². The second-order valence-electron chi connectivity index (χ2n) is 6.03. The fourth-order valence-electron chi connectivity index (χ4n) is 2.84. The first kappa shape index (κ1) is 27.0. The summed E-state index contributed by atoms with van der Waals surface area (Å²) in [5, 5.41) is 5.46. The van der Waals surface area contributed by atoms with Gasteiger partial charge in [-0.2, -0.15) is 12.1 Å². The Kier molecular flexibility index (Phi) is 13.5. The molecule has 0 amide bonds. The topological polar surface area (TPSA) is 0 Å². The molecule has 0 heterocycles. The first-order chi connectivity index (χ1) is 12.5. The zero-order chi connectivity index (χ0) is 18.9. The molecule has 152 valence electrons. The van der Waals surface area contributed by atoms with Crippen molar-refractivity contribution in [3.8, 4) is 0 Å². The minimum Gasteiger partial charge on any atom is -0.358 e. The molecule has 0 N–H and O–H groups in total. The van der Waals surface area contributed by atoms with Crippen LogP contribution in [0.3, 0.4) is 0 Å². The summed E-state index contributed by atoms with van der Waals surface area (Å²) in [5.41, 5.74) is 2.87. The molecule has 0 aliphatic carbocycles. The van der Waals surface area contributed by atoms with Gasteiger partial charge in [0.05, 0.1) is 0 Å². The van der Waals surface area contributed by atoms with Crippen molar-refractivity contribution >= 4 is 42.8 Å². The van der Waals surface area contributed by atoms with Gasteiger partial charge >= 0.3 is 40.1 Å². The van der Waals surface area contributed by atoms with Crippen LogP contribution in [-0.4, -0.2) is 4.21 Å². The Balaban J connectivity index is 0.000000415. The van der Waals surface area contributed by atoms with Crippen LogP contribution >= 0.6 is 17.0 Å². The quantitative estimate of drug-likeness (QED) is 0.246. The maximum absolute atomic E-state index is 5.13. The molecule has 0 unspecified atom stereocenters. The summed E-state index contributed by atoms with van der Waals surface area (Å²) >= 11 is -1.85. The third kappa shape index (κ3) is 8.56. The Hall–Kier alpha value is -1.01. The second-order valence-corrected chi connectivity index (χ2v) is 14.2. The first-order valence-electron chi connectivity index (χ1n) is 8.82. The van der Waals surface area contributed by atoms with Gasteiger partial charge in [-0.3, -0.25) is 0 Å². The molecule has 0 atom stereocenters. The molecular formula is C25H30Cl2Zr-4. The van der Waals surface area contributed by atoms with E-state index in [1.807, 2.05) is 0 Å². The number of hydrogen-bond donors (Lipinski definition) is 0. The van der Waals surface area contributed by atoms with Gasteiger partial charge in [0.15, 0.2) is 0 Å². The number of hydrogen-bond acceptors (Lipinski definition) is 0. The molecule has 4 aromatic rings. The Morgan fingerprint density at radius 3 is 1.36 bits per heavy atom. The van der Waals surface area contributed by atoms with E-state index in [9.17, 15) is 0 Å². The summed E-state index contributed by atoms with van der Waals surface area (Å²) < 4.78 is 3.37. The van der Waals surface area contributed by atoms with Crippen LogP contribution in [0.25, 0.3) is 21.5 Å². The largest absolute Gasteiger partial charge is 0.358 e. The maximum Gasteiger partial charge on any atom is -0.358 e. The van der Waals surface area contributed by atoms with Gasteiger partial charge in [0.1, 0.15) is 0 Å². The Morgan fingerprint density at radius 1 is 0.750 bits per heavy atom.